The molecule has 0 heterocycles. The summed E-state index contributed by atoms with van der Waals surface area (Å²) in [6, 6.07) is 6.96. The number of nitrogens with one attached hydrogen (secondary N) is 1. The molecule has 2 N–H and O–H groups in total. The molecule has 4 nitrogen and oxygen atoms in total. The zero-order valence-corrected chi connectivity index (χ0v) is 9.56. The average Bonchev–Trinajstić information content (AvgIpc) is 2.16. The number of hydrogen-bond acceptors (Lipinski definition) is 3. The first kappa shape index (κ1) is 12.4. The van der Waals surface area contributed by atoms with Crippen molar-refractivity contribution in [2.45, 2.75) is 26.4 Å². The van der Waals surface area contributed by atoms with E-state index in [2.05, 4.69) is 5.32 Å². The quantitative estimate of drug-likeness (QED) is 0.821. The van der Waals surface area contributed by atoms with E-state index in [1.165, 1.54) is 0 Å². The van der Waals surface area contributed by atoms with Gasteiger partial charge in [0.15, 0.2) is 0 Å². The first-order valence-corrected chi connectivity index (χ1v) is 5.30. The van der Waals surface area contributed by atoms with Crippen molar-refractivity contribution < 1.29 is 14.6 Å². The Balaban J connectivity index is 2.28. The van der Waals surface area contributed by atoms with Crippen molar-refractivity contribution in [3.8, 4) is 5.75 Å². The van der Waals surface area contributed by atoms with Crippen LogP contribution in [-0.2, 0) is 11.2 Å². The lowest BCUT2D eigenvalue weighted by molar-refractivity contribution is 0.116. The van der Waals surface area contributed by atoms with E-state index < -0.39 is 6.09 Å². The maximum atomic E-state index is 11.1. The molecular weight excluding hydrogens is 206 g/mol. The number of phenolic OH excluding ortho intramolecular Hbond substituents is 1. The predicted octanol–water partition coefficient (Wildman–Crippen LogP) is 2.07. The van der Waals surface area contributed by atoms with E-state index in [4.69, 9.17) is 4.74 Å². The summed E-state index contributed by atoms with van der Waals surface area (Å²) in [5.74, 6) is 0.238. The molecule has 0 aliphatic rings. The van der Waals surface area contributed by atoms with Crippen molar-refractivity contribution in [1.82, 2.24) is 5.32 Å². The largest absolute Gasteiger partial charge is 0.508 e. The third kappa shape index (κ3) is 4.68. The molecule has 0 saturated heterocycles. The van der Waals surface area contributed by atoms with Gasteiger partial charge in [-0.2, -0.15) is 0 Å². The van der Waals surface area contributed by atoms with E-state index in [0.29, 0.717) is 13.0 Å². The van der Waals surface area contributed by atoms with Crippen molar-refractivity contribution in [2.75, 3.05) is 6.54 Å². The molecule has 1 amide bonds. The lowest BCUT2D eigenvalue weighted by Gasteiger charge is -2.09. The van der Waals surface area contributed by atoms with Crippen LogP contribution in [0.5, 0.6) is 5.75 Å². The summed E-state index contributed by atoms with van der Waals surface area (Å²) >= 11 is 0. The number of ether oxygens (including phenoxy) is 1. The van der Waals surface area contributed by atoms with E-state index in [9.17, 15) is 9.90 Å². The van der Waals surface area contributed by atoms with E-state index >= 15 is 0 Å². The lowest BCUT2D eigenvalue weighted by atomic mass is 10.1. The highest BCUT2D eigenvalue weighted by molar-refractivity contribution is 5.67. The molecule has 0 fully saturated rings. The van der Waals surface area contributed by atoms with Crippen LogP contribution < -0.4 is 5.32 Å². The Morgan fingerprint density at radius 3 is 2.88 bits per heavy atom. The number of amides is 1. The highest BCUT2D eigenvalue weighted by Gasteiger charge is 2.03. The summed E-state index contributed by atoms with van der Waals surface area (Å²) in [5, 5.41) is 11.9. The molecule has 0 aliphatic heterocycles. The fourth-order valence-electron chi connectivity index (χ4n) is 1.28. The number of phenols is 1. The van der Waals surface area contributed by atoms with E-state index in [0.717, 1.165) is 5.56 Å². The maximum Gasteiger partial charge on any atom is 0.407 e. The zero-order chi connectivity index (χ0) is 12.0. The predicted molar refractivity (Wildman–Crippen MR) is 61.4 cm³/mol. The van der Waals surface area contributed by atoms with Gasteiger partial charge in [-0.1, -0.05) is 12.1 Å². The number of carbonyl (C=O) groups is 1. The molecule has 1 rings (SSSR count). The van der Waals surface area contributed by atoms with Crippen LogP contribution in [0.2, 0.25) is 0 Å². The van der Waals surface area contributed by atoms with Crippen LogP contribution in [0.4, 0.5) is 4.79 Å². The van der Waals surface area contributed by atoms with Gasteiger partial charge < -0.3 is 15.2 Å². The van der Waals surface area contributed by atoms with Crippen LogP contribution in [0.15, 0.2) is 24.3 Å². The van der Waals surface area contributed by atoms with Gasteiger partial charge in [0.1, 0.15) is 5.75 Å². The van der Waals surface area contributed by atoms with Crippen LogP contribution in [0.3, 0.4) is 0 Å². The molecule has 0 radical (unpaired) electrons. The second kappa shape index (κ2) is 6.00. The van der Waals surface area contributed by atoms with Gasteiger partial charge in [0.25, 0.3) is 0 Å². The number of alkyl carbamates (subject to hydrolysis) is 1. The Kier molecular flexibility index (Phi) is 4.64. The topological polar surface area (TPSA) is 58.6 Å². The summed E-state index contributed by atoms with van der Waals surface area (Å²) in [6.45, 7) is 4.10. The SMILES string of the molecule is CC(C)OC(=O)NCCc1cccc(O)c1. The number of hydrogen-bond donors (Lipinski definition) is 2. The summed E-state index contributed by atoms with van der Waals surface area (Å²) < 4.78 is 4.91. The molecule has 88 valence electrons. The second-order valence-electron chi connectivity index (χ2n) is 3.80. The molecule has 0 saturated carbocycles. The Hall–Kier alpha value is -1.71. The van der Waals surface area contributed by atoms with Gasteiger partial charge >= 0.3 is 6.09 Å². The Bertz CT molecular complexity index is 350. The summed E-state index contributed by atoms with van der Waals surface area (Å²) in [5.41, 5.74) is 0.977. The molecule has 0 bridgehead atoms. The Morgan fingerprint density at radius 2 is 2.25 bits per heavy atom. The molecule has 4 heteroatoms. The number of aromatic hydroxyl groups is 1. The first-order chi connectivity index (χ1) is 7.58. The van der Waals surface area contributed by atoms with Crippen LogP contribution in [0.25, 0.3) is 0 Å². The molecule has 0 atom stereocenters. The molecule has 0 aromatic heterocycles. The first-order valence-electron chi connectivity index (χ1n) is 5.30. The Morgan fingerprint density at radius 1 is 1.50 bits per heavy atom. The molecule has 1 aromatic rings. The van der Waals surface area contributed by atoms with Crippen molar-refractivity contribution in [3.63, 3.8) is 0 Å². The Labute approximate surface area is 95.2 Å². The smallest absolute Gasteiger partial charge is 0.407 e. The van der Waals surface area contributed by atoms with Crippen LogP contribution >= 0.6 is 0 Å². The second-order valence-corrected chi connectivity index (χ2v) is 3.80. The standard InChI is InChI=1S/C12H17NO3/c1-9(2)16-12(15)13-7-6-10-4-3-5-11(14)8-10/h3-5,8-9,14H,6-7H2,1-2H3,(H,13,15). The minimum atomic E-state index is -0.407. The van der Waals surface area contributed by atoms with Crippen molar-refractivity contribution in [3.05, 3.63) is 29.8 Å². The van der Waals surface area contributed by atoms with E-state index in [1.54, 1.807) is 32.0 Å². The van der Waals surface area contributed by atoms with Gasteiger partial charge in [0.05, 0.1) is 6.10 Å². The summed E-state index contributed by atoms with van der Waals surface area (Å²) in [4.78, 5) is 11.1. The summed E-state index contributed by atoms with van der Waals surface area (Å²) in [6.07, 6.45) is 0.151. The van der Waals surface area contributed by atoms with Crippen LogP contribution in [-0.4, -0.2) is 23.8 Å². The third-order valence-corrected chi connectivity index (χ3v) is 1.94. The molecular formula is C12H17NO3. The normalized spacial score (nSPS) is 10.2. The fraction of sp³-hybridized carbons (Fsp3) is 0.417. The third-order valence-electron chi connectivity index (χ3n) is 1.94. The van der Waals surface area contributed by atoms with Crippen molar-refractivity contribution in [1.29, 1.82) is 0 Å². The molecule has 16 heavy (non-hydrogen) atoms. The van der Waals surface area contributed by atoms with Crippen molar-refractivity contribution >= 4 is 6.09 Å². The molecule has 1 aromatic carbocycles. The minimum Gasteiger partial charge on any atom is -0.508 e. The minimum absolute atomic E-state index is 0.110. The van der Waals surface area contributed by atoms with Gasteiger partial charge in [-0.15, -0.1) is 0 Å². The lowest BCUT2D eigenvalue weighted by Crippen LogP contribution is -2.28. The van der Waals surface area contributed by atoms with Crippen LogP contribution in [0.1, 0.15) is 19.4 Å². The molecule has 0 aliphatic carbocycles. The monoisotopic (exact) mass is 223 g/mol. The van der Waals surface area contributed by atoms with Gasteiger partial charge in [-0.3, -0.25) is 0 Å². The number of carbonyl (C=O) groups excluding carboxylic acids is 1. The van der Waals surface area contributed by atoms with Gasteiger partial charge in [-0.25, -0.2) is 4.79 Å². The highest BCUT2D eigenvalue weighted by atomic mass is 16.6. The molecule has 0 spiro atoms. The average molecular weight is 223 g/mol. The number of rotatable bonds is 4. The molecule has 0 unspecified atom stereocenters. The highest BCUT2D eigenvalue weighted by Crippen LogP contribution is 2.10. The summed E-state index contributed by atoms with van der Waals surface area (Å²) in [7, 11) is 0. The van der Waals surface area contributed by atoms with Crippen molar-refractivity contribution in [2.24, 2.45) is 0 Å². The van der Waals surface area contributed by atoms with Crippen LogP contribution in [0, 0.1) is 0 Å². The van der Waals surface area contributed by atoms with Gasteiger partial charge in [0, 0.05) is 6.54 Å². The maximum absolute atomic E-state index is 11.1. The number of benzene rings is 1. The fourth-order valence-corrected chi connectivity index (χ4v) is 1.28. The zero-order valence-electron chi connectivity index (χ0n) is 9.56. The van der Waals surface area contributed by atoms with E-state index in [1.807, 2.05) is 6.07 Å². The van der Waals surface area contributed by atoms with Gasteiger partial charge in [0.2, 0.25) is 0 Å². The van der Waals surface area contributed by atoms with E-state index in [-0.39, 0.29) is 11.9 Å². The van der Waals surface area contributed by atoms with Gasteiger partial charge in [-0.05, 0) is 38.0 Å².